The summed E-state index contributed by atoms with van der Waals surface area (Å²) in [5, 5.41) is 14.7. The number of anilines is 3. The number of carbonyl (C=O) groups is 1. The summed E-state index contributed by atoms with van der Waals surface area (Å²) in [6.07, 6.45) is 5.48. The predicted octanol–water partition coefficient (Wildman–Crippen LogP) is 1.01. The lowest BCUT2D eigenvalue weighted by Crippen LogP contribution is -2.44. The van der Waals surface area contributed by atoms with Crippen LogP contribution in [0.5, 0.6) is 5.75 Å². The topological polar surface area (TPSA) is 134 Å². The van der Waals surface area contributed by atoms with E-state index >= 15 is 0 Å². The van der Waals surface area contributed by atoms with E-state index in [0.29, 0.717) is 23.3 Å². The molecule has 3 aromatic rings. The van der Waals surface area contributed by atoms with Crippen LogP contribution in [0, 0.1) is 5.92 Å². The number of aryl methyl sites for hydroxylation is 1. The Morgan fingerprint density at radius 1 is 1.36 bits per heavy atom. The molecule has 146 valence electrons. The lowest BCUT2D eigenvalue weighted by Gasteiger charge is -2.32. The molecule has 1 aliphatic rings. The van der Waals surface area contributed by atoms with Gasteiger partial charge in [0.25, 0.3) is 0 Å². The first-order valence-corrected chi connectivity index (χ1v) is 9.06. The molecule has 0 spiro atoms. The number of benzene rings is 1. The van der Waals surface area contributed by atoms with Crippen LogP contribution in [-0.2, 0) is 11.8 Å². The fourth-order valence-electron chi connectivity index (χ4n) is 3.47. The Balaban J connectivity index is 1.46. The largest absolute Gasteiger partial charge is 0.506 e. The van der Waals surface area contributed by atoms with Crippen molar-refractivity contribution >= 4 is 34.3 Å². The fourth-order valence-corrected chi connectivity index (χ4v) is 3.47. The first-order chi connectivity index (χ1) is 13.5. The number of nitrogens with two attached hydrogens (primary N) is 1. The quantitative estimate of drug-likeness (QED) is 0.491. The van der Waals surface area contributed by atoms with Crippen molar-refractivity contribution in [1.82, 2.24) is 25.2 Å². The minimum absolute atomic E-state index is 0.000342. The number of phenolic OH excluding ortho intramolecular Hbond substituents is 1. The molecule has 10 heteroatoms. The summed E-state index contributed by atoms with van der Waals surface area (Å²) in [7, 11) is 1.87. The Morgan fingerprint density at radius 2 is 2.21 bits per heavy atom. The summed E-state index contributed by atoms with van der Waals surface area (Å²) in [5.74, 6) is 0.0533. The third-order valence-electron chi connectivity index (χ3n) is 4.88. The summed E-state index contributed by atoms with van der Waals surface area (Å²) < 4.78 is 1.75. The number of nitrogens with zero attached hydrogens (tertiary/aromatic N) is 5. The van der Waals surface area contributed by atoms with Crippen LogP contribution in [0.15, 0.2) is 30.6 Å². The number of hydrazine groups is 1. The molecule has 3 heterocycles. The second kappa shape index (κ2) is 7.22. The van der Waals surface area contributed by atoms with Gasteiger partial charge in [-0.05, 0) is 25.0 Å². The number of rotatable bonds is 4. The third-order valence-corrected chi connectivity index (χ3v) is 4.88. The zero-order valence-electron chi connectivity index (χ0n) is 15.5. The van der Waals surface area contributed by atoms with E-state index in [0.717, 1.165) is 25.1 Å². The fraction of sp³-hybridized carbons (Fsp3) is 0.333. The molecule has 2 aromatic heterocycles. The number of para-hydroxylation sites is 1. The van der Waals surface area contributed by atoms with Crippen LogP contribution in [0.25, 0.3) is 10.9 Å². The highest BCUT2D eigenvalue weighted by atomic mass is 16.3. The lowest BCUT2D eigenvalue weighted by molar-refractivity contribution is -0.124. The molecule has 10 nitrogen and oxygen atoms in total. The SMILES string of the molecule is Cn1cc(N2CCCC(C(=O)NNc3nc(N)nc4c(O)cccc34)C2)cn1. The van der Waals surface area contributed by atoms with E-state index in [2.05, 4.69) is 30.8 Å². The van der Waals surface area contributed by atoms with Gasteiger partial charge in [-0.1, -0.05) is 6.07 Å². The Hall–Kier alpha value is -3.56. The zero-order chi connectivity index (χ0) is 19.7. The molecule has 1 aliphatic heterocycles. The first kappa shape index (κ1) is 17.8. The van der Waals surface area contributed by atoms with Gasteiger partial charge < -0.3 is 15.7 Å². The molecule has 4 rings (SSSR count). The number of nitrogens with one attached hydrogen (secondary N) is 2. The Labute approximate surface area is 161 Å². The summed E-state index contributed by atoms with van der Waals surface area (Å²) >= 11 is 0. The maximum absolute atomic E-state index is 12.7. The lowest BCUT2D eigenvalue weighted by atomic mass is 9.97. The van der Waals surface area contributed by atoms with Crippen LogP contribution in [0.1, 0.15) is 12.8 Å². The van der Waals surface area contributed by atoms with Gasteiger partial charge in [0.1, 0.15) is 11.3 Å². The molecule has 5 N–H and O–H groups in total. The Bertz CT molecular complexity index is 1020. The second-order valence-corrected chi connectivity index (χ2v) is 6.88. The van der Waals surface area contributed by atoms with E-state index in [1.165, 1.54) is 6.07 Å². The van der Waals surface area contributed by atoms with Crippen LogP contribution in [-0.4, -0.2) is 43.9 Å². The highest BCUT2D eigenvalue weighted by molar-refractivity contribution is 5.94. The molecule has 1 atom stereocenters. The molecule has 1 aromatic carbocycles. The van der Waals surface area contributed by atoms with Gasteiger partial charge in [-0.25, -0.2) is 4.98 Å². The number of aromatic hydroxyl groups is 1. The molecule has 1 unspecified atom stereocenters. The summed E-state index contributed by atoms with van der Waals surface area (Å²) in [5.41, 5.74) is 12.6. The molecule has 0 aliphatic carbocycles. The third kappa shape index (κ3) is 3.48. The van der Waals surface area contributed by atoms with Crippen molar-refractivity contribution in [1.29, 1.82) is 0 Å². The number of nitrogen functional groups attached to an aromatic ring is 1. The zero-order valence-corrected chi connectivity index (χ0v) is 15.5. The number of carbonyl (C=O) groups excluding carboxylic acids is 1. The second-order valence-electron chi connectivity index (χ2n) is 6.88. The van der Waals surface area contributed by atoms with Gasteiger partial charge in [-0.2, -0.15) is 10.1 Å². The Kier molecular flexibility index (Phi) is 4.60. The standard InChI is InChI=1S/C18H22N8O2/c1-25-10-12(8-20-25)26-7-3-4-11(9-26)17(28)24-23-16-13-5-2-6-14(27)15(13)21-18(19)22-16/h2,5-6,8,10-11,27H,3-4,7,9H2,1H3,(H,24,28)(H3,19,21,22,23). The van der Waals surface area contributed by atoms with Gasteiger partial charge in [-0.15, -0.1) is 0 Å². The van der Waals surface area contributed by atoms with Gasteiger partial charge in [0.15, 0.2) is 5.82 Å². The summed E-state index contributed by atoms with van der Waals surface area (Å²) in [6.45, 7) is 1.52. The van der Waals surface area contributed by atoms with Crippen molar-refractivity contribution in [2.75, 3.05) is 29.1 Å². The van der Waals surface area contributed by atoms with E-state index in [-0.39, 0.29) is 23.5 Å². The van der Waals surface area contributed by atoms with Crippen LogP contribution in [0.3, 0.4) is 0 Å². The summed E-state index contributed by atoms with van der Waals surface area (Å²) in [4.78, 5) is 23.0. The number of fused-ring (bicyclic) bond motifs is 1. The number of hydrogen-bond acceptors (Lipinski definition) is 8. The van der Waals surface area contributed by atoms with Crippen LogP contribution in [0.2, 0.25) is 0 Å². The highest BCUT2D eigenvalue weighted by Crippen LogP contribution is 2.28. The first-order valence-electron chi connectivity index (χ1n) is 9.06. The van der Waals surface area contributed by atoms with Gasteiger partial charge >= 0.3 is 0 Å². The number of hydrogen-bond donors (Lipinski definition) is 4. The minimum atomic E-state index is -0.166. The molecule has 0 bridgehead atoms. The Morgan fingerprint density at radius 3 is 3.00 bits per heavy atom. The number of aromatic nitrogens is 4. The normalized spacial score (nSPS) is 16.9. The molecular formula is C18H22N8O2. The molecular weight excluding hydrogens is 360 g/mol. The van der Waals surface area contributed by atoms with E-state index in [1.807, 2.05) is 13.2 Å². The molecule has 0 saturated carbocycles. The number of piperidine rings is 1. The van der Waals surface area contributed by atoms with Crippen LogP contribution >= 0.6 is 0 Å². The van der Waals surface area contributed by atoms with E-state index in [4.69, 9.17) is 5.73 Å². The van der Waals surface area contributed by atoms with E-state index < -0.39 is 0 Å². The van der Waals surface area contributed by atoms with Gasteiger partial charge in [-0.3, -0.25) is 20.3 Å². The number of amides is 1. The van der Waals surface area contributed by atoms with Crippen LogP contribution in [0.4, 0.5) is 17.5 Å². The van der Waals surface area contributed by atoms with Crippen molar-refractivity contribution in [2.45, 2.75) is 12.8 Å². The average molecular weight is 382 g/mol. The summed E-state index contributed by atoms with van der Waals surface area (Å²) in [6, 6.07) is 4.94. The van der Waals surface area contributed by atoms with E-state index in [9.17, 15) is 9.90 Å². The number of phenols is 1. The van der Waals surface area contributed by atoms with Crippen molar-refractivity contribution in [3.05, 3.63) is 30.6 Å². The van der Waals surface area contributed by atoms with Gasteiger partial charge in [0.2, 0.25) is 11.9 Å². The van der Waals surface area contributed by atoms with E-state index in [1.54, 1.807) is 23.0 Å². The monoisotopic (exact) mass is 382 g/mol. The van der Waals surface area contributed by atoms with Crippen molar-refractivity contribution in [2.24, 2.45) is 13.0 Å². The van der Waals surface area contributed by atoms with Crippen molar-refractivity contribution in [3.8, 4) is 5.75 Å². The molecule has 1 saturated heterocycles. The van der Waals surface area contributed by atoms with Crippen molar-refractivity contribution < 1.29 is 9.90 Å². The smallest absolute Gasteiger partial charge is 0.243 e. The van der Waals surface area contributed by atoms with Crippen molar-refractivity contribution in [3.63, 3.8) is 0 Å². The minimum Gasteiger partial charge on any atom is -0.506 e. The maximum atomic E-state index is 12.7. The maximum Gasteiger partial charge on any atom is 0.243 e. The average Bonchev–Trinajstić information content (AvgIpc) is 3.13. The molecule has 1 fully saturated rings. The van der Waals surface area contributed by atoms with Gasteiger partial charge in [0.05, 0.1) is 17.8 Å². The molecule has 0 radical (unpaired) electrons. The molecule has 28 heavy (non-hydrogen) atoms. The van der Waals surface area contributed by atoms with Crippen LogP contribution < -0.4 is 21.5 Å². The highest BCUT2D eigenvalue weighted by Gasteiger charge is 2.26. The molecule has 1 amide bonds. The predicted molar refractivity (Wildman–Crippen MR) is 106 cm³/mol. The van der Waals surface area contributed by atoms with Gasteiger partial charge in [0, 0.05) is 31.7 Å².